The number of benzene rings is 1. The van der Waals surface area contributed by atoms with Crippen LogP contribution in [0.25, 0.3) is 5.69 Å². The first-order chi connectivity index (χ1) is 9.91. The van der Waals surface area contributed by atoms with E-state index in [2.05, 4.69) is 43.5 Å². The van der Waals surface area contributed by atoms with Gasteiger partial charge in [-0.3, -0.25) is 0 Å². The SMILES string of the molecule is Cc1cc2c(n1-c1ccc(CO)cc1)CC(C)(C)CC2N. The third kappa shape index (κ3) is 2.52. The van der Waals surface area contributed by atoms with E-state index in [1.165, 1.54) is 17.0 Å². The van der Waals surface area contributed by atoms with E-state index in [1.54, 1.807) is 0 Å². The molecular formula is C18H24N2O. The first kappa shape index (κ1) is 14.4. The number of aliphatic hydroxyl groups excluding tert-OH is 1. The van der Waals surface area contributed by atoms with Crippen molar-refractivity contribution >= 4 is 0 Å². The minimum Gasteiger partial charge on any atom is -0.392 e. The van der Waals surface area contributed by atoms with Gasteiger partial charge in [-0.1, -0.05) is 26.0 Å². The van der Waals surface area contributed by atoms with Gasteiger partial charge in [0.25, 0.3) is 0 Å². The van der Waals surface area contributed by atoms with Gasteiger partial charge < -0.3 is 15.4 Å². The highest BCUT2D eigenvalue weighted by Crippen LogP contribution is 2.41. The highest BCUT2D eigenvalue weighted by molar-refractivity contribution is 5.45. The van der Waals surface area contributed by atoms with Gasteiger partial charge in [-0.25, -0.2) is 0 Å². The quantitative estimate of drug-likeness (QED) is 0.889. The minimum absolute atomic E-state index is 0.0843. The predicted molar refractivity (Wildman–Crippen MR) is 85.5 cm³/mol. The van der Waals surface area contributed by atoms with Crippen LogP contribution in [0.3, 0.4) is 0 Å². The first-order valence-corrected chi connectivity index (χ1v) is 7.58. The van der Waals surface area contributed by atoms with Crippen molar-refractivity contribution in [1.82, 2.24) is 4.57 Å². The molecule has 21 heavy (non-hydrogen) atoms. The zero-order valence-corrected chi connectivity index (χ0v) is 13.1. The van der Waals surface area contributed by atoms with Crippen molar-refractivity contribution in [3.63, 3.8) is 0 Å². The number of nitrogens with two attached hydrogens (primary N) is 1. The molecule has 0 radical (unpaired) electrons. The zero-order chi connectivity index (χ0) is 15.2. The fraction of sp³-hybridized carbons (Fsp3) is 0.444. The van der Waals surface area contributed by atoms with Crippen molar-refractivity contribution in [2.24, 2.45) is 11.1 Å². The van der Waals surface area contributed by atoms with Gasteiger partial charge in [0.1, 0.15) is 0 Å². The lowest BCUT2D eigenvalue weighted by atomic mass is 9.74. The largest absolute Gasteiger partial charge is 0.392 e. The summed E-state index contributed by atoms with van der Waals surface area (Å²) in [5.41, 5.74) is 12.6. The number of aryl methyl sites for hydroxylation is 1. The Bertz CT molecular complexity index is 653. The van der Waals surface area contributed by atoms with Crippen LogP contribution in [0.5, 0.6) is 0 Å². The average Bonchev–Trinajstić information content (AvgIpc) is 2.74. The third-order valence-corrected chi connectivity index (χ3v) is 4.52. The Balaban J connectivity index is 2.11. The van der Waals surface area contributed by atoms with Crippen LogP contribution in [-0.4, -0.2) is 9.67 Å². The summed E-state index contributed by atoms with van der Waals surface area (Å²) in [6.07, 6.45) is 2.08. The molecule has 1 aliphatic carbocycles. The van der Waals surface area contributed by atoms with E-state index in [1.807, 2.05) is 12.1 Å². The first-order valence-electron chi connectivity index (χ1n) is 7.58. The van der Waals surface area contributed by atoms with Crippen molar-refractivity contribution in [1.29, 1.82) is 0 Å². The Hall–Kier alpha value is -1.58. The van der Waals surface area contributed by atoms with Crippen LogP contribution in [-0.2, 0) is 13.0 Å². The summed E-state index contributed by atoms with van der Waals surface area (Å²) in [4.78, 5) is 0. The summed E-state index contributed by atoms with van der Waals surface area (Å²) in [5, 5.41) is 9.19. The van der Waals surface area contributed by atoms with Crippen molar-refractivity contribution < 1.29 is 5.11 Å². The number of hydrogen-bond acceptors (Lipinski definition) is 2. The molecule has 3 nitrogen and oxygen atoms in total. The molecule has 2 aromatic rings. The molecule has 0 aliphatic heterocycles. The summed E-state index contributed by atoms with van der Waals surface area (Å²) in [6.45, 7) is 6.80. The second kappa shape index (κ2) is 5.00. The monoisotopic (exact) mass is 284 g/mol. The number of aliphatic hydroxyl groups is 1. The second-order valence-electron chi connectivity index (χ2n) is 7.00. The molecule has 1 heterocycles. The molecular weight excluding hydrogens is 260 g/mol. The lowest BCUT2D eigenvalue weighted by molar-refractivity contribution is 0.278. The standard InChI is InChI=1S/C18H24N2O/c1-12-8-15-16(19)9-18(2,3)10-17(15)20(12)14-6-4-13(11-21)5-7-14/h4-8,16,21H,9-11,19H2,1-3H3. The van der Waals surface area contributed by atoms with Crippen LogP contribution in [0.15, 0.2) is 30.3 Å². The van der Waals surface area contributed by atoms with Gasteiger partial charge in [0.05, 0.1) is 6.61 Å². The molecule has 0 spiro atoms. The summed E-state index contributed by atoms with van der Waals surface area (Å²) >= 11 is 0. The molecule has 3 rings (SSSR count). The number of aromatic nitrogens is 1. The van der Waals surface area contributed by atoms with Crippen LogP contribution in [0.2, 0.25) is 0 Å². The Morgan fingerprint density at radius 3 is 2.57 bits per heavy atom. The van der Waals surface area contributed by atoms with Crippen LogP contribution >= 0.6 is 0 Å². The van der Waals surface area contributed by atoms with Gasteiger partial charge in [-0.15, -0.1) is 0 Å². The number of hydrogen-bond donors (Lipinski definition) is 2. The fourth-order valence-corrected chi connectivity index (χ4v) is 3.56. The zero-order valence-electron chi connectivity index (χ0n) is 13.1. The molecule has 1 aliphatic rings. The van der Waals surface area contributed by atoms with Crippen molar-refractivity contribution in [2.45, 2.75) is 46.3 Å². The van der Waals surface area contributed by atoms with E-state index in [-0.39, 0.29) is 18.1 Å². The van der Waals surface area contributed by atoms with Crippen LogP contribution < -0.4 is 5.73 Å². The predicted octanol–water partition coefficient (Wildman–Crippen LogP) is 3.25. The molecule has 1 unspecified atom stereocenters. The summed E-state index contributed by atoms with van der Waals surface area (Å²) in [5.74, 6) is 0. The second-order valence-corrected chi connectivity index (χ2v) is 7.00. The van der Waals surface area contributed by atoms with E-state index in [0.717, 1.165) is 24.1 Å². The molecule has 3 heteroatoms. The van der Waals surface area contributed by atoms with E-state index < -0.39 is 0 Å². The molecule has 1 atom stereocenters. The smallest absolute Gasteiger partial charge is 0.0681 e. The molecule has 0 saturated carbocycles. The molecule has 1 aromatic carbocycles. The Kier molecular flexibility index (Phi) is 3.42. The Morgan fingerprint density at radius 1 is 1.29 bits per heavy atom. The Labute approximate surface area is 126 Å². The van der Waals surface area contributed by atoms with Gasteiger partial charge in [0.15, 0.2) is 0 Å². The van der Waals surface area contributed by atoms with E-state index in [9.17, 15) is 5.11 Å². The van der Waals surface area contributed by atoms with Gasteiger partial charge in [0, 0.05) is 23.1 Å². The lowest BCUT2D eigenvalue weighted by Gasteiger charge is -2.34. The summed E-state index contributed by atoms with van der Waals surface area (Å²) in [6, 6.07) is 10.5. The minimum atomic E-state index is 0.0843. The molecule has 3 N–H and O–H groups in total. The molecule has 0 saturated heterocycles. The van der Waals surface area contributed by atoms with Crippen molar-refractivity contribution in [3.05, 3.63) is 52.8 Å². The molecule has 0 amide bonds. The van der Waals surface area contributed by atoms with Gasteiger partial charge in [-0.2, -0.15) is 0 Å². The van der Waals surface area contributed by atoms with Crippen LogP contribution in [0, 0.1) is 12.3 Å². The fourth-order valence-electron chi connectivity index (χ4n) is 3.56. The van der Waals surface area contributed by atoms with Crippen LogP contribution in [0.1, 0.15) is 48.8 Å². The average molecular weight is 284 g/mol. The normalized spacial score (nSPS) is 20.3. The molecule has 0 bridgehead atoms. The molecule has 1 aromatic heterocycles. The number of rotatable bonds is 2. The van der Waals surface area contributed by atoms with Gasteiger partial charge in [-0.05, 0) is 54.5 Å². The number of fused-ring (bicyclic) bond motifs is 1. The summed E-state index contributed by atoms with van der Waals surface area (Å²) in [7, 11) is 0. The topological polar surface area (TPSA) is 51.2 Å². The maximum atomic E-state index is 9.19. The van der Waals surface area contributed by atoms with Crippen molar-refractivity contribution in [2.75, 3.05) is 0 Å². The lowest BCUT2D eigenvalue weighted by Crippen LogP contribution is -2.30. The van der Waals surface area contributed by atoms with Crippen LogP contribution in [0.4, 0.5) is 0 Å². The number of nitrogens with zero attached hydrogens (tertiary/aromatic N) is 1. The molecule has 0 fully saturated rings. The van der Waals surface area contributed by atoms with Gasteiger partial charge >= 0.3 is 0 Å². The molecule has 112 valence electrons. The highest BCUT2D eigenvalue weighted by atomic mass is 16.3. The maximum absolute atomic E-state index is 9.19. The third-order valence-electron chi connectivity index (χ3n) is 4.52. The van der Waals surface area contributed by atoms with E-state index >= 15 is 0 Å². The summed E-state index contributed by atoms with van der Waals surface area (Å²) < 4.78 is 2.32. The highest BCUT2D eigenvalue weighted by Gasteiger charge is 2.33. The Morgan fingerprint density at radius 2 is 1.95 bits per heavy atom. The maximum Gasteiger partial charge on any atom is 0.0681 e. The van der Waals surface area contributed by atoms with Gasteiger partial charge in [0.2, 0.25) is 0 Å². The van der Waals surface area contributed by atoms with E-state index in [0.29, 0.717) is 0 Å². The van der Waals surface area contributed by atoms with E-state index in [4.69, 9.17) is 5.73 Å². The van der Waals surface area contributed by atoms with Crippen molar-refractivity contribution in [3.8, 4) is 5.69 Å².